The third kappa shape index (κ3) is 1.27. The first-order valence-corrected chi connectivity index (χ1v) is 5.08. The minimum atomic E-state index is 0.0342. The summed E-state index contributed by atoms with van der Waals surface area (Å²) in [5, 5.41) is 0. The molecule has 0 radical (unpaired) electrons. The Labute approximate surface area is 86.2 Å². The van der Waals surface area contributed by atoms with Crippen molar-refractivity contribution >= 4 is 15.9 Å². The summed E-state index contributed by atoms with van der Waals surface area (Å²) in [6.45, 7) is 4.74. The average molecular weight is 242 g/mol. The fourth-order valence-corrected chi connectivity index (χ4v) is 2.11. The average Bonchev–Trinajstić information content (AvgIpc) is 2.43. The number of aryl methyl sites for hydroxylation is 1. The second-order valence-electron chi connectivity index (χ2n) is 3.46. The zero-order valence-electron chi connectivity index (χ0n) is 7.73. The Morgan fingerprint density at radius 1 is 1.54 bits per heavy atom. The van der Waals surface area contributed by atoms with Gasteiger partial charge in [-0.2, -0.15) is 0 Å². The summed E-state index contributed by atoms with van der Waals surface area (Å²) in [6.07, 6.45) is 0. The van der Waals surface area contributed by atoms with Crippen LogP contribution in [0.5, 0.6) is 5.75 Å². The molecule has 2 N–H and O–H groups in total. The second kappa shape index (κ2) is 3.00. The molecule has 0 bridgehead atoms. The van der Waals surface area contributed by atoms with Gasteiger partial charge in [-0.15, -0.1) is 0 Å². The zero-order chi connectivity index (χ0) is 9.59. The number of rotatable bonds is 0. The molecule has 13 heavy (non-hydrogen) atoms. The summed E-state index contributed by atoms with van der Waals surface area (Å²) < 4.78 is 6.63. The molecule has 2 rings (SSSR count). The Bertz CT molecular complexity index is 362. The lowest BCUT2D eigenvalue weighted by atomic mass is 10.0. The normalized spacial score (nSPS) is 19.8. The molecule has 1 heterocycles. The molecule has 0 saturated carbocycles. The number of hydrogen-bond donors (Lipinski definition) is 1. The van der Waals surface area contributed by atoms with Gasteiger partial charge in [-0.1, -0.05) is 15.9 Å². The van der Waals surface area contributed by atoms with Crippen molar-refractivity contribution in [3.05, 3.63) is 27.2 Å². The van der Waals surface area contributed by atoms with Crippen molar-refractivity contribution in [1.29, 1.82) is 0 Å². The van der Waals surface area contributed by atoms with E-state index in [2.05, 4.69) is 29.8 Å². The maximum atomic E-state index is 5.92. The van der Waals surface area contributed by atoms with Crippen LogP contribution in [0.4, 0.5) is 0 Å². The predicted molar refractivity (Wildman–Crippen MR) is 56.0 cm³/mol. The van der Waals surface area contributed by atoms with E-state index in [1.54, 1.807) is 0 Å². The van der Waals surface area contributed by atoms with Crippen LogP contribution in [0.1, 0.15) is 22.7 Å². The van der Waals surface area contributed by atoms with Gasteiger partial charge in [-0.25, -0.2) is 0 Å². The molecular formula is C10H12BrNO. The monoisotopic (exact) mass is 241 g/mol. The molecule has 3 heteroatoms. The van der Waals surface area contributed by atoms with Gasteiger partial charge >= 0.3 is 0 Å². The molecule has 0 aromatic heterocycles. The van der Waals surface area contributed by atoms with Gasteiger partial charge in [0.15, 0.2) is 0 Å². The zero-order valence-corrected chi connectivity index (χ0v) is 9.31. The van der Waals surface area contributed by atoms with E-state index in [9.17, 15) is 0 Å². The topological polar surface area (TPSA) is 35.2 Å². The predicted octanol–water partition coefficient (Wildman–Crippen LogP) is 2.46. The highest BCUT2D eigenvalue weighted by Gasteiger charge is 2.24. The molecule has 0 fully saturated rings. The van der Waals surface area contributed by atoms with Crippen LogP contribution < -0.4 is 10.5 Å². The van der Waals surface area contributed by atoms with Gasteiger partial charge in [-0.05, 0) is 31.0 Å². The van der Waals surface area contributed by atoms with E-state index in [1.165, 1.54) is 11.1 Å². The molecule has 0 amide bonds. The highest BCUT2D eigenvalue weighted by Crippen LogP contribution is 2.38. The Balaban J connectivity index is 2.68. The third-order valence-electron chi connectivity index (χ3n) is 2.48. The second-order valence-corrected chi connectivity index (χ2v) is 4.25. The summed E-state index contributed by atoms with van der Waals surface area (Å²) in [5.41, 5.74) is 9.48. The van der Waals surface area contributed by atoms with Crippen molar-refractivity contribution in [1.82, 2.24) is 0 Å². The van der Waals surface area contributed by atoms with Gasteiger partial charge in [0, 0.05) is 10.0 Å². The van der Waals surface area contributed by atoms with Crippen LogP contribution in [0, 0.1) is 13.8 Å². The van der Waals surface area contributed by atoms with Gasteiger partial charge in [0.25, 0.3) is 0 Å². The van der Waals surface area contributed by atoms with Gasteiger partial charge in [0.1, 0.15) is 12.4 Å². The highest BCUT2D eigenvalue weighted by molar-refractivity contribution is 9.10. The molecule has 1 aromatic carbocycles. The maximum Gasteiger partial charge on any atom is 0.124 e. The standard InChI is InChI=1S/C10H12BrNO/c1-5-3-8-9(6(2)10(5)11)7(12)4-13-8/h3,7H,4,12H2,1-2H3/t7-/m1/s1. The van der Waals surface area contributed by atoms with E-state index < -0.39 is 0 Å². The van der Waals surface area contributed by atoms with Crippen molar-refractivity contribution in [2.75, 3.05) is 6.61 Å². The fraction of sp³-hybridized carbons (Fsp3) is 0.400. The molecule has 1 aliphatic heterocycles. The largest absolute Gasteiger partial charge is 0.491 e. The number of halogens is 1. The van der Waals surface area contributed by atoms with E-state index in [0.717, 1.165) is 15.8 Å². The van der Waals surface area contributed by atoms with E-state index in [0.29, 0.717) is 6.61 Å². The maximum absolute atomic E-state index is 5.92. The van der Waals surface area contributed by atoms with E-state index in [4.69, 9.17) is 10.5 Å². The summed E-state index contributed by atoms with van der Waals surface area (Å²) in [4.78, 5) is 0. The molecule has 0 aliphatic carbocycles. The fourth-order valence-electron chi connectivity index (χ4n) is 1.78. The van der Waals surface area contributed by atoms with Gasteiger partial charge in [0.05, 0.1) is 6.04 Å². The number of benzene rings is 1. The summed E-state index contributed by atoms with van der Waals surface area (Å²) in [7, 11) is 0. The van der Waals surface area contributed by atoms with E-state index in [-0.39, 0.29) is 6.04 Å². The summed E-state index contributed by atoms with van der Waals surface area (Å²) in [5.74, 6) is 0.950. The van der Waals surface area contributed by atoms with Crippen LogP contribution in [-0.2, 0) is 0 Å². The molecule has 2 nitrogen and oxygen atoms in total. The lowest BCUT2D eigenvalue weighted by Crippen LogP contribution is -2.12. The molecule has 1 atom stereocenters. The smallest absolute Gasteiger partial charge is 0.124 e. The van der Waals surface area contributed by atoms with Crippen LogP contribution in [0.2, 0.25) is 0 Å². The summed E-state index contributed by atoms with van der Waals surface area (Å²) in [6, 6.07) is 2.08. The molecule has 1 aromatic rings. The van der Waals surface area contributed by atoms with Crippen molar-refractivity contribution in [3.8, 4) is 5.75 Å². The minimum absolute atomic E-state index is 0.0342. The lowest BCUT2D eigenvalue weighted by molar-refractivity contribution is 0.333. The van der Waals surface area contributed by atoms with Crippen LogP contribution in [0.25, 0.3) is 0 Å². The number of fused-ring (bicyclic) bond motifs is 1. The van der Waals surface area contributed by atoms with Gasteiger partial charge < -0.3 is 10.5 Å². The van der Waals surface area contributed by atoms with Crippen LogP contribution in [0.3, 0.4) is 0 Å². The molecule has 0 saturated heterocycles. The molecule has 70 valence electrons. The lowest BCUT2D eigenvalue weighted by Gasteiger charge is -2.09. The van der Waals surface area contributed by atoms with Gasteiger partial charge in [-0.3, -0.25) is 0 Å². The van der Waals surface area contributed by atoms with Gasteiger partial charge in [0.2, 0.25) is 0 Å². The molecule has 0 unspecified atom stereocenters. The van der Waals surface area contributed by atoms with E-state index >= 15 is 0 Å². The third-order valence-corrected chi connectivity index (χ3v) is 3.70. The molecule has 1 aliphatic rings. The quantitative estimate of drug-likeness (QED) is 0.758. The first-order chi connectivity index (χ1) is 6.11. The molecule has 0 spiro atoms. The van der Waals surface area contributed by atoms with Crippen LogP contribution >= 0.6 is 15.9 Å². The van der Waals surface area contributed by atoms with Crippen molar-refractivity contribution in [2.45, 2.75) is 19.9 Å². The SMILES string of the molecule is Cc1cc2c(c(C)c1Br)[C@H](N)CO2. The Kier molecular flexibility index (Phi) is 2.08. The first kappa shape index (κ1) is 9.03. The summed E-state index contributed by atoms with van der Waals surface area (Å²) >= 11 is 3.55. The van der Waals surface area contributed by atoms with Crippen molar-refractivity contribution < 1.29 is 4.74 Å². The minimum Gasteiger partial charge on any atom is -0.491 e. The first-order valence-electron chi connectivity index (χ1n) is 4.29. The number of hydrogen-bond acceptors (Lipinski definition) is 2. The van der Waals surface area contributed by atoms with Crippen molar-refractivity contribution in [2.24, 2.45) is 5.73 Å². The number of ether oxygens (including phenoxy) is 1. The van der Waals surface area contributed by atoms with Crippen LogP contribution in [0.15, 0.2) is 10.5 Å². The van der Waals surface area contributed by atoms with Crippen molar-refractivity contribution in [3.63, 3.8) is 0 Å². The Morgan fingerprint density at radius 3 is 2.92 bits per heavy atom. The Hall–Kier alpha value is -0.540. The highest BCUT2D eigenvalue weighted by atomic mass is 79.9. The number of nitrogens with two attached hydrogens (primary N) is 1. The van der Waals surface area contributed by atoms with E-state index in [1.807, 2.05) is 6.07 Å². The Morgan fingerprint density at radius 2 is 2.23 bits per heavy atom. The van der Waals surface area contributed by atoms with Crippen LogP contribution in [-0.4, -0.2) is 6.61 Å². The molecular weight excluding hydrogens is 230 g/mol.